The third-order valence-electron chi connectivity index (χ3n) is 1.43. The molecule has 1 aromatic rings. The van der Waals surface area contributed by atoms with Crippen LogP contribution < -0.4 is 5.73 Å². The van der Waals surface area contributed by atoms with Crippen LogP contribution in [0.4, 0.5) is 10.1 Å². The molecule has 3 nitrogen and oxygen atoms in total. The van der Waals surface area contributed by atoms with Crippen molar-refractivity contribution in [2.75, 3.05) is 5.73 Å². The van der Waals surface area contributed by atoms with Crippen LogP contribution in [0.1, 0.15) is 10.4 Å². The van der Waals surface area contributed by atoms with Crippen molar-refractivity contribution in [3.8, 4) is 0 Å². The lowest BCUT2D eigenvalue weighted by Gasteiger charge is -2.05. The first-order valence-corrected chi connectivity index (χ1v) is 4.98. The number of nitrogen functional groups attached to an aromatic ring is 1. The number of benzene rings is 1. The largest absolute Gasteiger partial charge is 0.478 e. The zero-order chi connectivity index (χ0) is 10.2. The van der Waals surface area contributed by atoms with Crippen molar-refractivity contribution in [3.63, 3.8) is 0 Å². The van der Waals surface area contributed by atoms with E-state index >= 15 is 0 Å². The molecule has 0 saturated carbocycles. The van der Waals surface area contributed by atoms with Crippen LogP contribution in [-0.2, 0) is 0 Å². The van der Waals surface area contributed by atoms with Crippen molar-refractivity contribution < 1.29 is 14.3 Å². The summed E-state index contributed by atoms with van der Waals surface area (Å²) in [4.78, 5) is 10.6. The molecule has 0 bridgehead atoms. The molecule has 0 saturated heterocycles. The summed E-state index contributed by atoms with van der Waals surface area (Å²) < 4.78 is 13.6. The van der Waals surface area contributed by atoms with Crippen LogP contribution in [0, 0.1) is 9.39 Å². The summed E-state index contributed by atoms with van der Waals surface area (Å²) in [6.07, 6.45) is 0. The molecule has 0 aliphatic heterocycles. The van der Waals surface area contributed by atoms with Gasteiger partial charge in [-0.3, -0.25) is 0 Å². The minimum atomic E-state index is -1.23. The van der Waals surface area contributed by atoms with Crippen LogP contribution in [0.15, 0.2) is 10.5 Å². The van der Waals surface area contributed by atoms with E-state index in [1.807, 2.05) is 0 Å². The van der Waals surface area contributed by atoms with E-state index in [0.717, 1.165) is 6.07 Å². The van der Waals surface area contributed by atoms with Crippen molar-refractivity contribution in [1.82, 2.24) is 0 Å². The summed E-state index contributed by atoms with van der Waals surface area (Å²) in [6.45, 7) is 0. The maximum atomic E-state index is 13.0. The molecule has 0 fully saturated rings. The lowest BCUT2D eigenvalue weighted by Crippen LogP contribution is -2.06. The van der Waals surface area contributed by atoms with Crippen molar-refractivity contribution >= 4 is 50.2 Å². The first-order chi connectivity index (χ1) is 5.95. The average Bonchev–Trinajstić information content (AvgIpc) is 2.07. The van der Waals surface area contributed by atoms with Crippen LogP contribution >= 0.6 is 38.5 Å². The number of halogens is 3. The molecular formula is C7H4BrFINO2. The van der Waals surface area contributed by atoms with Gasteiger partial charge in [-0.15, -0.1) is 0 Å². The Kier molecular flexibility index (Phi) is 3.12. The molecule has 0 aromatic heterocycles. The summed E-state index contributed by atoms with van der Waals surface area (Å²) in [7, 11) is 0. The minimum absolute atomic E-state index is 0.0707. The van der Waals surface area contributed by atoms with Crippen LogP contribution in [0.5, 0.6) is 0 Å². The number of carboxylic acid groups (broad SMARTS) is 1. The maximum Gasteiger partial charge on any atom is 0.337 e. The van der Waals surface area contributed by atoms with Gasteiger partial charge in [-0.2, -0.15) is 0 Å². The highest BCUT2D eigenvalue weighted by atomic mass is 127. The van der Waals surface area contributed by atoms with E-state index in [1.54, 1.807) is 22.6 Å². The molecule has 0 atom stereocenters. The van der Waals surface area contributed by atoms with Gasteiger partial charge in [0.1, 0.15) is 5.82 Å². The van der Waals surface area contributed by atoms with Crippen molar-refractivity contribution in [3.05, 3.63) is 25.5 Å². The molecule has 0 heterocycles. The quantitative estimate of drug-likeness (QED) is 0.460. The van der Waals surface area contributed by atoms with Gasteiger partial charge in [-0.25, -0.2) is 9.18 Å². The van der Waals surface area contributed by atoms with Gasteiger partial charge < -0.3 is 10.8 Å². The predicted octanol–water partition coefficient (Wildman–Crippen LogP) is 2.47. The molecule has 0 aliphatic carbocycles. The average molecular weight is 360 g/mol. The number of anilines is 1. The second kappa shape index (κ2) is 3.79. The van der Waals surface area contributed by atoms with E-state index in [-0.39, 0.29) is 15.7 Å². The van der Waals surface area contributed by atoms with Gasteiger partial charge in [-0.05, 0) is 44.6 Å². The van der Waals surface area contributed by atoms with E-state index in [1.165, 1.54) is 0 Å². The van der Waals surface area contributed by atoms with Gasteiger partial charge in [0.25, 0.3) is 0 Å². The summed E-state index contributed by atoms with van der Waals surface area (Å²) in [5.41, 5.74) is 5.32. The van der Waals surface area contributed by atoms with Gasteiger partial charge >= 0.3 is 5.97 Å². The SMILES string of the molecule is Nc1c(C(=O)O)cc(F)c(Br)c1I. The summed E-state index contributed by atoms with van der Waals surface area (Å²) in [5.74, 6) is -1.86. The molecule has 1 aromatic carbocycles. The fourth-order valence-corrected chi connectivity index (χ4v) is 1.66. The Morgan fingerprint density at radius 1 is 1.69 bits per heavy atom. The second-order valence-electron chi connectivity index (χ2n) is 2.25. The van der Waals surface area contributed by atoms with E-state index in [4.69, 9.17) is 10.8 Å². The number of carbonyl (C=O) groups is 1. The Bertz CT molecular complexity index is 383. The Morgan fingerprint density at radius 2 is 2.23 bits per heavy atom. The van der Waals surface area contributed by atoms with Gasteiger partial charge in [0.15, 0.2) is 0 Å². The molecule has 70 valence electrons. The van der Waals surface area contributed by atoms with E-state index in [2.05, 4.69) is 15.9 Å². The molecule has 0 spiro atoms. The smallest absolute Gasteiger partial charge is 0.337 e. The lowest BCUT2D eigenvalue weighted by atomic mass is 10.2. The summed E-state index contributed by atoms with van der Waals surface area (Å²) in [6, 6.07) is 0.893. The number of hydrogen-bond donors (Lipinski definition) is 2. The third-order valence-corrected chi connectivity index (χ3v) is 4.07. The van der Waals surface area contributed by atoms with E-state index < -0.39 is 11.8 Å². The third kappa shape index (κ3) is 1.93. The number of carboxylic acids is 1. The summed E-state index contributed by atoms with van der Waals surface area (Å²) >= 11 is 4.74. The molecule has 3 N–H and O–H groups in total. The highest BCUT2D eigenvalue weighted by molar-refractivity contribution is 14.1. The second-order valence-corrected chi connectivity index (χ2v) is 4.12. The first kappa shape index (κ1) is 10.7. The van der Waals surface area contributed by atoms with Gasteiger partial charge in [0.05, 0.1) is 19.3 Å². The highest BCUT2D eigenvalue weighted by Crippen LogP contribution is 2.30. The van der Waals surface area contributed by atoms with Crippen LogP contribution in [0.25, 0.3) is 0 Å². The highest BCUT2D eigenvalue weighted by Gasteiger charge is 2.16. The zero-order valence-corrected chi connectivity index (χ0v) is 9.89. The van der Waals surface area contributed by atoms with Crippen molar-refractivity contribution in [2.45, 2.75) is 0 Å². The molecule has 0 aliphatic rings. The van der Waals surface area contributed by atoms with Gasteiger partial charge in [0, 0.05) is 0 Å². The lowest BCUT2D eigenvalue weighted by molar-refractivity contribution is 0.0697. The fourth-order valence-electron chi connectivity index (χ4n) is 0.786. The molecule has 1 rings (SSSR count). The monoisotopic (exact) mass is 359 g/mol. The Labute approximate surface area is 95.4 Å². The number of aromatic carboxylic acids is 1. The Morgan fingerprint density at radius 3 is 2.69 bits per heavy atom. The maximum absolute atomic E-state index is 13.0. The van der Waals surface area contributed by atoms with Crippen molar-refractivity contribution in [1.29, 1.82) is 0 Å². The molecule has 0 amide bonds. The Hall–Kier alpha value is -0.370. The van der Waals surface area contributed by atoms with Gasteiger partial charge in [0.2, 0.25) is 0 Å². The molecule has 6 heteroatoms. The van der Waals surface area contributed by atoms with Crippen molar-refractivity contribution in [2.24, 2.45) is 0 Å². The standard InChI is InChI=1S/C7H4BrFINO2/c8-4-3(9)1-2(7(12)13)6(11)5(4)10/h1H,11H2,(H,12,13). The first-order valence-electron chi connectivity index (χ1n) is 3.11. The number of rotatable bonds is 1. The van der Waals surface area contributed by atoms with Crippen LogP contribution in [-0.4, -0.2) is 11.1 Å². The molecule has 13 heavy (non-hydrogen) atoms. The van der Waals surface area contributed by atoms with E-state index in [0.29, 0.717) is 3.57 Å². The topological polar surface area (TPSA) is 63.3 Å². The predicted molar refractivity (Wildman–Crippen MR) is 58.2 cm³/mol. The molecule has 0 unspecified atom stereocenters. The fraction of sp³-hybridized carbons (Fsp3) is 0. The normalized spacial score (nSPS) is 10.1. The van der Waals surface area contributed by atoms with E-state index in [9.17, 15) is 9.18 Å². The molecular weight excluding hydrogens is 356 g/mol. The Balaban J connectivity index is 3.50. The van der Waals surface area contributed by atoms with Crippen LogP contribution in [0.2, 0.25) is 0 Å². The van der Waals surface area contributed by atoms with Gasteiger partial charge in [-0.1, -0.05) is 0 Å². The number of hydrogen-bond acceptors (Lipinski definition) is 2. The van der Waals surface area contributed by atoms with Crippen LogP contribution in [0.3, 0.4) is 0 Å². The number of nitrogens with two attached hydrogens (primary N) is 1. The summed E-state index contributed by atoms with van der Waals surface area (Å²) in [5, 5.41) is 8.64. The molecule has 0 radical (unpaired) electrons. The minimum Gasteiger partial charge on any atom is -0.478 e. The zero-order valence-electron chi connectivity index (χ0n) is 6.14.